The summed E-state index contributed by atoms with van der Waals surface area (Å²) < 4.78 is 61.3. The van der Waals surface area contributed by atoms with Crippen LogP contribution in [0, 0.1) is 0 Å². The Labute approximate surface area is 97.4 Å². The van der Waals surface area contributed by atoms with E-state index < -0.39 is 26.5 Å². The molecule has 0 aliphatic heterocycles. The van der Waals surface area contributed by atoms with E-state index in [9.17, 15) is 21.6 Å². The normalized spacial score (nSPS) is 12.7. The summed E-state index contributed by atoms with van der Waals surface area (Å²) in [6.45, 7) is 1.58. The molecule has 2 N–H and O–H groups in total. The fourth-order valence-electron chi connectivity index (χ4n) is 1.41. The Hall–Kier alpha value is -1.24. The van der Waals surface area contributed by atoms with Gasteiger partial charge in [-0.2, -0.15) is 13.2 Å². The summed E-state index contributed by atoms with van der Waals surface area (Å²) in [4.78, 5) is -0.744. The highest BCUT2D eigenvalue weighted by atomic mass is 32.2. The van der Waals surface area contributed by atoms with E-state index in [4.69, 9.17) is 5.73 Å². The van der Waals surface area contributed by atoms with Crippen molar-refractivity contribution in [1.82, 2.24) is 0 Å². The van der Waals surface area contributed by atoms with Crippen LogP contribution in [-0.4, -0.2) is 14.2 Å². The molecule has 3 nitrogen and oxygen atoms in total. The maximum atomic E-state index is 12.6. The number of sulfone groups is 1. The maximum absolute atomic E-state index is 12.6. The van der Waals surface area contributed by atoms with Crippen LogP contribution in [0.1, 0.15) is 18.9 Å². The van der Waals surface area contributed by atoms with Gasteiger partial charge in [-0.1, -0.05) is 6.92 Å². The number of rotatable bonds is 3. The molecule has 0 saturated heterocycles. The van der Waals surface area contributed by atoms with Crippen molar-refractivity contribution in [2.75, 3.05) is 11.5 Å². The first-order chi connectivity index (χ1) is 7.68. The molecule has 0 radical (unpaired) electrons. The van der Waals surface area contributed by atoms with Gasteiger partial charge in [-0.25, -0.2) is 8.42 Å². The van der Waals surface area contributed by atoms with Crippen molar-refractivity contribution in [2.45, 2.75) is 24.4 Å². The summed E-state index contributed by atoms with van der Waals surface area (Å²) >= 11 is 0. The van der Waals surface area contributed by atoms with Gasteiger partial charge in [0.1, 0.15) is 0 Å². The summed E-state index contributed by atoms with van der Waals surface area (Å²) in [7, 11) is -3.95. The molecule has 0 saturated carbocycles. The number of hydrogen-bond acceptors (Lipinski definition) is 3. The lowest BCUT2D eigenvalue weighted by Crippen LogP contribution is -2.15. The Morgan fingerprint density at radius 2 is 1.88 bits per heavy atom. The largest absolute Gasteiger partial charge is 0.417 e. The fourth-order valence-corrected chi connectivity index (χ4v) is 3.00. The molecule has 0 fully saturated rings. The molecule has 1 rings (SSSR count). The molecule has 0 heterocycles. The molecule has 0 unspecified atom stereocenters. The third-order valence-corrected chi connectivity index (χ3v) is 4.07. The lowest BCUT2D eigenvalue weighted by Gasteiger charge is -2.13. The van der Waals surface area contributed by atoms with E-state index in [1.807, 2.05) is 0 Å². The summed E-state index contributed by atoms with van der Waals surface area (Å²) in [6.07, 6.45) is -4.46. The van der Waals surface area contributed by atoms with Crippen molar-refractivity contribution in [3.8, 4) is 0 Å². The van der Waals surface area contributed by atoms with Crippen LogP contribution in [-0.2, 0) is 16.0 Å². The Kier molecular flexibility index (Phi) is 3.71. The highest BCUT2D eigenvalue weighted by Crippen LogP contribution is 2.35. The van der Waals surface area contributed by atoms with E-state index in [0.29, 0.717) is 6.07 Å². The molecule has 7 heteroatoms. The molecule has 0 spiro atoms. The van der Waals surface area contributed by atoms with E-state index >= 15 is 0 Å². The van der Waals surface area contributed by atoms with Crippen LogP contribution >= 0.6 is 0 Å². The Bertz CT molecular complexity index is 509. The third kappa shape index (κ3) is 3.12. The second-order valence-corrected chi connectivity index (χ2v) is 5.65. The van der Waals surface area contributed by atoms with E-state index in [1.165, 1.54) is 0 Å². The first kappa shape index (κ1) is 13.8. The number of halogens is 3. The molecular formula is C10H12F3NO2S. The lowest BCUT2D eigenvalue weighted by molar-refractivity contribution is -0.139. The second kappa shape index (κ2) is 4.56. The predicted molar refractivity (Wildman–Crippen MR) is 58.2 cm³/mol. The molecule has 0 aromatic heterocycles. The van der Waals surface area contributed by atoms with E-state index in [0.717, 1.165) is 12.1 Å². The van der Waals surface area contributed by atoms with Gasteiger partial charge >= 0.3 is 6.18 Å². The topological polar surface area (TPSA) is 60.2 Å². The van der Waals surface area contributed by atoms with Gasteiger partial charge < -0.3 is 5.73 Å². The Balaban J connectivity index is 3.46. The average molecular weight is 267 g/mol. The molecular weight excluding hydrogens is 255 g/mol. The standard InChI is InChI=1S/C10H12F3NO2S/c1-2-5-17(15,16)9-6-7(14)3-4-8(9)10(11,12)13/h3-4,6H,2,5,14H2,1H3. The highest BCUT2D eigenvalue weighted by molar-refractivity contribution is 7.91. The van der Waals surface area contributed by atoms with Crippen molar-refractivity contribution in [2.24, 2.45) is 0 Å². The SMILES string of the molecule is CCCS(=O)(=O)c1cc(N)ccc1C(F)(F)F. The summed E-state index contributed by atoms with van der Waals surface area (Å²) in [5.41, 5.74) is 4.16. The van der Waals surface area contributed by atoms with Crippen molar-refractivity contribution >= 4 is 15.5 Å². The summed E-state index contributed by atoms with van der Waals surface area (Å²) in [5, 5.41) is 0. The van der Waals surface area contributed by atoms with Crippen LogP contribution in [0.5, 0.6) is 0 Å². The average Bonchev–Trinajstić information content (AvgIpc) is 2.15. The van der Waals surface area contributed by atoms with Crippen LogP contribution in [0.4, 0.5) is 18.9 Å². The number of alkyl halides is 3. The smallest absolute Gasteiger partial charge is 0.399 e. The first-order valence-electron chi connectivity index (χ1n) is 4.88. The number of benzene rings is 1. The van der Waals surface area contributed by atoms with Crippen LogP contribution in [0.2, 0.25) is 0 Å². The van der Waals surface area contributed by atoms with Crippen LogP contribution in [0.15, 0.2) is 23.1 Å². The molecule has 1 aromatic rings. The lowest BCUT2D eigenvalue weighted by atomic mass is 10.2. The second-order valence-electron chi connectivity index (χ2n) is 3.57. The highest BCUT2D eigenvalue weighted by Gasteiger charge is 2.36. The molecule has 0 atom stereocenters. The van der Waals surface area contributed by atoms with Gasteiger partial charge in [0.2, 0.25) is 0 Å². The van der Waals surface area contributed by atoms with Crippen LogP contribution in [0.3, 0.4) is 0 Å². The van der Waals surface area contributed by atoms with Gasteiger partial charge in [-0.3, -0.25) is 0 Å². The number of anilines is 1. The molecule has 0 aliphatic carbocycles. The predicted octanol–water partition coefficient (Wildman–Crippen LogP) is 2.47. The van der Waals surface area contributed by atoms with Gasteiger partial charge in [-0.05, 0) is 24.6 Å². The van der Waals surface area contributed by atoms with Crippen molar-refractivity contribution < 1.29 is 21.6 Å². The summed E-state index contributed by atoms with van der Waals surface area (Å²) in [6, 6.07) is 2.58. The molecule has 0 amide bonds. The van der Waals surface area contributed by atoms with Crippen molar-refractivity contribution in [1.29, 1.82) is 0 Å². The molecule has 1 aromatic carbocycles. The third-order valence-electron chi connectivity index (χ3n) is 2.12. The molecule has 0 bridgehead atoms. The van der Waals surface area contributed by atoms with E-state index in [-0.39, 0.29) is 17.9 Å². The molecule has 0 aliphatic rings. The van der Waals surface area contributed by atoms with Gasteiger partial charge in [0.25, 0.3) is 0 Å². The van der Waals surface area contributed by atoms with Crippen molar-refractivity contribution in [3.05, 3.63) is 23.8 Å². The zero-order valence-electron chi connectivity index (χ0n) is 9.08. The Morgan fingerprint density at radius 3 is 2.35 bits per heavy atom. The van der Waals surface area contributed by atoms with E-state index in [2.05, 4.69) is 0 Å². The van der Waals surface area contributed by atoms with Gasteiger partial charge in [-0.15, -0.1) is 0 Å². The van der Waals surface area contributed by atoms with Crippen molar-refractivity contribution in [3.63, 3.8) is 0 Å². The van der Waals surface area contributed by atoms with Gasteiger partial charge in [0, 0.05) is 5.69 Å². The number of nitrogens with two attached hydrogens (primary N) is 1. The Morgan fingerprint density at radius 1 is 1.29 bits per heavy atom. The van der Waals surface area contributed by atoms with Crippen LogP contribution in [0.25, 0.3) is 0 Å². The number of nitrogen functional groups attached to an aromatic ring is 1. The fraction of sp³-hybridized carbons (Fsp3) is 0.400. The quantitative estimate of drug-likeness (QED) is 0.856. The van der Waals surface area contributed by atoms with Gasteiger partial charge in [0.05, 0.1) is 16.2 Å². The maximum Gasteiger partial charge on any atom is 0.417 e. The zero-order valence-corrected chi connectivity index (χ0v) is 9.90. The van der Waals surface area contributed by atoms with Crippen LogP contribution < -0.4 is 5.73 Å². The minimum atomic E-state index is -4.70. The minimum Gasteiger partial charge on any atom is -0.399 e. The van der Waals surface area contributed by atoms with Gasteiger partial charge in [0.15, 0.2) is 9.84 Å². The van der Waals surface area contributed by atoms with E-state index in [1.54, 1.807) is 6.92 Å². The summed E-state index contributed by atoms with van der Waals surface area (Å²) in [5.74, 6) is -0.334. The molecule has 17 heavy (non-hydrogen) atoms. The monoisotopic (exact) mass is 267 g/mol. The number of hydrogen-bond donors (Lipinski definition) is 1. The molecule has 96 valence electrons. The first-order valence-corrected chi connectivity index (χ1v) is 6.53. The minimum absolute atomic E-state index is 0.00678. The zero-order chi connectivity index (χ0) is 13.3.